The van der Waals surface area contributed by atoms with Crippen molar-refractivity contribution in [3.8, 4) is 5.75 Å². The fraction of sp³-hybridized carbons (Fsp3) is 0.304. The molecule has 0 unspecified atom stereocenters. The molecule has 1 aliphatic rings. The SMILES string of the molecule is O=C(Oc1ccccc1)N1CCCN(Cc2csc(Cc3ccc(Cl)cc3)n2)CC1. The summed E-state index contributed by atoms with van der Waals surface area (Å²) in [5.74, 6) is 0.583. The van der Waals surface area contributed by atoms with E-state index in [0.717, 1.165) is 48.2 Å². The van der Waals surface area contributed by atoms with E-state index in [1.807, 2.05) is 42.5 Å². The molecule has 2 heterocycles. The Morgan fingerprint density at radius 3 is 2.63 bits per heavy atom. The largest absolute Gasteiger partial charge is 0.415 e. The van der Waals surface area contributed by atoms with Crippen LogP contribution < -0.4 is 4.74 Å². The van der Waals surface area contributed by atoms with Crippen molar-refractivity contribution in [3.63, 3.8) is 0 Å². The second-order valence-corrected chi connectivity index (χ2v) is 8.71. The number of nitrogens with zero attached hydrogens (tertiary/aromatic N) is 3. The number of benzene rings is 2. The highest BCUT2D eigenvalue weighted by Crippen LogP contribution is 2.19. The summed E-state index contributed by atoms with van der Waals surface area (Å²) >= 11 is 7.65. The predicted molar refractivity (Wildman–Crippen MR) is 120 cm³/mol. The molecule has 1 amide bonds. The van der Waals surface area contributed by atoms with E-state index in [1.54, 1.807) is 28.4 Å². The van der Waals surface area contributed by atoms with Gasteiger partial charge in [-0.05, 0) is 36.2 Å². The van der Waals surface area contributed by atoms with Crippen molar-refractivity contribution in [3.05, 3.63) is 81.3 Å². The molecular formula is C23H24ClN3O2S. The Bertz CT molecular complexity index is 962. The number of amides is 1. The molecule has 7 heteroatoms. The molecule has 1 fully saturated rings. The van der Waals surface area contributed by atoms with Crippen LogP contribution in [-0.2, 0) is 13.0 Å². The third-order valence-corrected chi connectivity index (χ3v) is 6.20. The number of carbonyl (C=O) groups is 1. The summed E-state index contributed by atoms with van der Waals surface area (Å²) in [7, 11) is 0. The third-order valence-electron chi connectivity index (χ3n) is 5.05. The molecule has 2 aromatic carbocycles. The first-order valence-corrected chi connectivity index (χ1v) is 11.3. The minimum Gasteiger partial charge on any atom is -0.410 e. The maximum absolute atomic E-state index is 12.4. The Hall–Kier alpha value is -2.41. The molecule has 4 rings (SSSR count). The van der Waals surface area contributed by atoms with Crippen LogP contribution in [0.15, 0.2) is 60.0 Å². The van der Waals surface area contributed by atoms with E-state index < -0.39 is 0 Å². The molecule has 30 heavy (non-hydrogen) atoms. The van der Waals surface area contributed by atoms with Gasteiger partial charge in [0.1, 0.15) is 5.75 Å². The lowest BCUT2D eigenvalue weighted by Crippen LogP contribution is -2.37. The fourth-order valence-electron chi connectivity index (χ4n) is 3.47. The smallest absolute Gasteiger partial charge is 0.410 e. The Balaban J connectivity index is 1.28. The van der Waals surface area contributed by atoms with Gasteiger partial charge >= 0.3 is 6.09 Å². The third kappa shape index (κ3) is 5.81. The highest BCUT2D eigenvalue weighted by atomic mass is 35.5. The average molecular weight is 442 g/mol. The highest BCUT2D eigenvalue weighted by Gasteiger charge is 2.21. The van der Waals surface area contributed by atoms with Gasteiger partial charge in [0.25, 0.3) is 0 Å². The molecule has 0 atom stereocenters. The van der Waals surface area contributed by atoms with Crippen LogP contribution in [0.2, 0.25) is 5.02 Å². The molecule has 0 spiro atoms. The lowest BCUT2D eigenvalue weighted by molar-refractivity contribution is 0.153. The van der Waals surface area contributed by atoms with Crippen molar-refractivity contribution in [2.75, 3.05) is 26.2 Å². The normalized spacial score (nSPS) is 15.0. The molecule has 0 aliphatic carbocycles. The summed E-state index contributed by atoms with van der Waals surface area (Å²) in [5, 5.41) is 3.99. The Labute approximate surface area is 185 Å². The quantitative estimate of drug-likeness (QED) is 0.553. The summed E-state index contributed by atoms with van der Waals surface area (Å²) in [6.45, 7) is 3.93. The van der Waals surface area contributed by atoms with E-state index in [4.69, 9.17) is 21.3 Å². The Morgan fingerprint density at radius 1 is 1.03 bits per heavy atom. The van der Waals surface area contributed by atoms with Crippen LogP contribution in [0.3, 0.4) is 0 Å². The summed E-state index contributed by atoms with van der Waals surface area (Å²) < 4.78 is 5.48. The number of rotatable bonds is 5. The van der Waals surface area contributed by atoms with Gasteiger partial charge in [-0.15, -0.1) is 11.3 Å². The van der Waals surface area contributed by atoms with Crippen LogP contribution in [0, 0.1) is 0 Å². The van der Waals surface area contributed by atoms with Gasteiger partial charge in [0, 0.05) is 49.5 Å². The van der Waals surface area contributed by atoms with Crippen LogP contribution >= 0.6 is 22.9 Å². The van der Waals surface area contributed by atoms with Crippen molar-refractivity contribution >= 4 is 29.0 Å². The van der Waals surface area contributed by atoms with Gasteiger partial charge in [-0.25, -0.2) is 9.78 Å². The second-order valence-electron chi connectivity index (χ2n) is 7.33. The maximum Gasteiger partial charge on any atom is 0.415 e. The summed E-state index contributed by atoms with van der Waals surface area (Å²) in [5.41, 5.74) is 2.30. The molecule has 3 aromatic rings. The molecular weight excluding hydrogens is 418 g/mol. The molecule has 0 saturated carbocycles. The minimum absolute atomic E-state index is 0.276. The van der Waals surface area contributed by atoms with Crippen molar-refractivity contribution in [2.24, 2.45) is 0 Å². The summed E-state index contributed by atoms with van der Waals surface area (Å²) in [6.07, 6.45) is 1.47. The van der Waals surface area contributed by atoms with E-state index in [-0.39, 0.29) is 6.09 Å². The van der Waals surface area contributed by atoms with Crippen molar-refractivity contribution < 1.29 is 9.53 Å². The second kappa shape index (κ2) is 10.1. The molecule has 0 bridgehead atoms. The van der Waals surface area contributed by atoms with Gasteiger partial charge < -0.3 is 9.64 Å². The van der Waals surface area contributed by atoms with Gasteiger partial charge in [0.05, 0.1) is 10.7 Å². The maximum atomic E-state index is 12.4. The minimum atomic E-state index is -0.276. The zero-order chi connectivity index (χ0) is 20.8. The number of halogens is 1. The molecule has 1 aliphatic heterocycles. The number of thiazole rings is 1. The van der Waals surface area contributed by atoms with E-state index in [2.05, 4.69) is 10.3 Å². The van der Waals surface area contributed by atoms with Crippen LogP contribution in [0.1, 0.15) is 22.7 Å². The van der Waals surface area contributed by atoms with Crippen LogP contribution in [0.4, 0.5) is 4.79 Å². The van der Waals surface area contributed by atoms with Gasteiger partial charge in [-0.1, -0.05) is 41.9 Å². The number of hydrogen-bond acceptors (Lipinski definition) is 5. The number of hydrogen-bond donors (Lipinski definition) is 0. The monoisotopic (exact) mass is 441 g/mol. The highest BCUT2D eigenvalue weighted by molar-refractivity contribution is 7.09. The zero-order valence-corrected chi connectivity index (χ0v) is 18.2. The Morgan fingerprint density at radius 2 is 1.83 bits per heavy atom. The first-order chi connectivity index (χ1) is 14.7. The lowest BCUT2D eigenvalue weighted by atomic mass is 10.2. The van der Waals surface area contributed by atoms with Crippen molar-refractivity contribution in [2.45, 2.75) is 19.4 Å². The Kier molecular flexibility index (Phi) is 7.00. The summed E-state index contributed by atoms with van der Waals surface area (Å²) in [6, 6.07) is 17.1. The van der Waals surface area contributed by atoms with Crippen LogP contribution in [0.5, 0.6) is 5.75 Å². The van der Waals surface area contributed by atoms with Gasteiger partial charge in [-0.3, -0.25) is 4.90 Å². The number of ether oxygens (including phenoxy) is 1. The van der Waals surface area contributed by atoms with Gasteiger partial charge in [-0.2, -0.15) is 0 Å². The fourth-order valence-corrected chi connectivity index (χ4v) is 4.42. The van der Waals surface area contributed by atoms with E-state index in [0.29, 0.717) is 18.8 Å². The number of para-hydroxylation sites is 1. The van der Waals surface area contributed by atoms with E-state index >= 15 is 0 Å². The molecule has 0 N–H and O–H groups in total. The zero-order valence-electron chi connectivity index (χ0n) is 16.7. The molecule has 1 saturated heterocycles. The topological polar surface area (TPSA) is 45.7 Å². The van der Waals surface area contributed by atoms with Crippen molar-refractivity contribution in [1.29, 1.82) is 0 Å². The average Bonchev–Trinajstić information content (AvgIpc) is 3.05. The van der Waals surface area contributed by atoms with Gasteiger partial charge in [0.15, 0.2) is 0 Å². The summed E-state index contributed by atoms with van der Waals surface area (Å²) in [4.78, 5) is 21.4. The first kappa shape index (κ1) is 20.8. The van der Waals surface area contributed by atoms with Crippen molar-refractivity contribution in [1.82, 2.24) is 14.8 Å². The molecule has 0 radical (unpaired) electrons. The van der Waals surface area contributed by atoms with E-state index in [1.165, 1.54) is 5.56 Å². The predicted octanol–water partition coefficient (Wildman–Crippen LogP) is 5.09. The molecule has 5 nitrogen and oxygen atoms in total. The number of carbonyl (C=O) groups excluding carboxylic acids is 1. The first-order valence-electron chi connectivity index (χ1n) is 10.1. The van der Waals surface area contributed by atoms with E-state index in [9.17, 15) is 4.79 Å². The van der Waals surface area contributed by atoms with Gasteiger partial charge in [0.2, 0.25) is 0 Å². The number of aromatic nitrogens is 1. The van der Waals surface area contributed by atoms with Crippen LogP contribution in [0.25, 0.3) is 0 Å². The standard InChI is InChI=1S/C23H24ClN3O2S/c24-19-9-7-18(8-10-19)15-22-25-20(17-30-22)16-26-11-4-12-27(14-13-26)23(28)29-21-5-2-1-3-6-21/h1-3,5-10,17H,4,11-16H2. The van der Waals surface area contributed by atoms with Crippen LogP contribution in [-0.4, -0.2) is 47.1 Å². The molecule has 1 aromatic heterocycles. The lowest BCUT2D eigenvalue weighted by Gasteiger charge is -2.21. The molecule has 156 valence electrons.